The van der Waals surface area contributed by atoms with Crippen LogP contribution < -0.4 is 0 Å². The van der Waals surface area contributed by atoms with Gasteiger partial charge in [0.25, 0.3) is 0 Å². The molecule has 0 N–H and O–H groups in total. The van der Waals surface area contributed by atoms with Crippen LogP contribution in [-0.4, -0.2) is 42.5 Å². The molecule has 0 amide bonds. The number of hydrogen-bond donors (Lipinski definition) is 0. The van der Waals surface area contributed by atoms with Crippen molar-refractivity contribution >= 4 is 40.1 Å². The molecule has 2 aliphatic heterocycles. The third-order valence-corrected chi connectivity index (χ3v) is 6.15. The molecule has 6 atom stereocenters. The van der Waals surface area contributed by atoms with Gasteiger partial charge >= 0.3 is 149 Å². The van der Waals surface area contributed by atoms with Crippen LogP contribution in [0.1, 0.15) is 56.2 Å². The van der Waals surface area contributed by atoms with E-state index in [2.05, 4.69) is 18.1 Å². The van der Waals surface area contributed by atoms with Gasteiger partial charge in [-0.15, -0.1) is 0 Å². The Kier molecular flexibility index (Phi) is 10.5. The number of oxazole rings is 1. The van der Waals surface area contributed by atoms with Gasteiger partial charge in [0.2, 0.25) is 5.89 Å². The van der Waals surface area contributed by atoms with E-state index in [9.17, 15) is 4.79 Å². The molecule has 168 valence electrons. The number of aromatic nitrogens is 1. The van der Waals surface area contributed by atoms with Gasteiger partial charge in [-0.1, -0.05) is 6.58 Å². The fourth-order valence-electron chi connectivity index (χ4n) is 3.88. The molecule has 0 aliphatic carbocycles. The number of hydrogen-bond acceptors (Lipinski definition) is 8. The Labute approximate surface area is 191 Å². The van der Waals surface area contributed by atoms with Crippen molar-refractivity contribution in [1.82, 2.24) is 4.98 Å². The Balaban J connectivity index is 1.53. The van der Waals surface area contributed by atoms with Gasteiger partial charge in [0.15, 0.2) is 0 Å². The van der Waals surface area contributed by atoms with Gasteiger partial charge in [0.1, 0.15) is 6.61 Å². The fraction of sp³-hybridized carbons (Fsp3) is 0.600. The Morgan fingerprint density at radius 2 is 2.06 bits per heavy atom. The van der Waals surface area contributed by atoms with Crippen molar-refractivity contribution in [2.24, 2.45) is 0 Å². The van der Waals surface area contributed by atoms with E-state index in [1.54, 1.807) is 18.9 Å². The standard InChI is InChI=1S/C20H28BNO6P2S/c1-3-29-26-12-20-22-18(11-24-20)19-9-14(23)8-17(28-19)10-16-7-13(2)6-15(27-16)4-5-25-21-30-31/h3,11,15-17,19,29-30H,1-2,4-10,12H2/t15-,16+,17-,19+/m0/s1. The van der Waals surface area contributed by atoms with Gasteiger partial charge in [-0.3, -0.25) is 0 Å². The van der Waals surface area contributed by atoms with Crippen molar-refractivity contribution in [3.05, 3.63) is 42.4 Å². The number of carbonyl (C=O) groups is 1. The molecule has 0 saturated carbocycles. The Hall–Kier alpha value is -0.785. The normalized spacial score (nSPS) is 27.1. The zero-order valence-electron chi connectivity index (χ0n) is 17.4. The van der Waals surface area contributed by atoms with Gasteiger partial charge < -0.3 is 8.94 Å². The molecule has 31 heavy (non-hydrogen) atoms. The third-order valence-electron chi connectivity index (χ3n) is 5.12. The summed E-state index contributed by atoms with van der Waals surface area (Å²) in [6, 6.07) is 0. The second-order valence-corrected chi connectivity index (χ2v) is 9.75. The summed E-state index contributed by atoms with van der Waals surface area (Å²) in [5, 5.41) is 0. The quantitative estimate of drug-likeness (QED) is 0.200. The van der Waals surface area contributed by atoms with Crippen LogP contribution in [0.2, 0.25) is 0 Å². The summed E-state index contributed by atoms with van der Waals surface area (Å²) < 4.78 is 28.7. The van der Waals surface area contributed by atoms with E-state index in [1.807, 2.05) is 0 Å². The summed E-state index contributed by atoms with van der Waals surface area (Å²) in [5.41, 5.74) is 1.79. The minimum Gasteiger partial charge on any atom is -0.446 e. The van der Waals surface area contributed by atoms with E-state index in [0.717, 1.165) is 24.8 Å². The summed E-state index contributed by atoms with van der Waals surface area (Å²) in [6.07, 6.45) is 4.71. The second-order valence-electron chi connectivity index (χ2n) is 7.64. The molecule has 11 heteroatoms. The van der Waals surface area contributed by atoms with Gasteiger partial charge in [-0.25, -0.2) is 0 Å². The third kappa shape index (κ3) is 8.25. The summed E-state index contributed by atoms with van der Waals surface area (Å²) in [6.45, 7) is 10.6. The molecule has 1 aromatic heterocycles. The molecule has 0 aromatic carbocycles. The van der Waals surface area contributed by atoms with Crippen LogP contribution in [0.15, 0.2) is 35.2 Å². The van der Waals surface area contributed by atoms with Gasteiger partial charge in [0.05, 0.1) is 0 Å². The molecule has 3 heterocycles. The molecule has 7 nitrogen and oxygen atoms in total. The first-order valence-corrected chi connectivity index (χ1v) is 13.5. The molecule has 0 bridgehead atoms. The van der Waals surface area contributed by atoms with Crippen LogP contribution in [0.3, 0.4) is 0 Å². The number of Topliss-reactive ketones (excluding diaryl/α,β-unsaturated/α-hetero) is 1. The SMILES string of the molecule is C=CPOCc1nc([C@H]2CC(=O)C[C@@H](C[C@H]3CC(=C)C[C@H](CCOB=[PH]=S)O3)O2)co1. The number of ketones is 1. The summed E-state index contributed by atoms with van der Waals surface area (Å²) in [4.78, 5) is 16.8. The van der Waals surface area contributed by atoms with E-state index in [-0.39, 0.29) is 46.4 Å². The summed E-state index contributed by atoms with van der Waals surface area (Å²) >= 11 is 4.87. The zero-order chi connectivity index (χ0) is 22.1. The van der Waals surface area contributed by atoms with Crippen molar-refractivity contribution in [1.29, 1.82) is 0 Å². The number of carbonyl (C=O) groups excluding carboxylic acids is 1. The average Bonchev–Trinajstić information content (AvgIpc) is 3.20. The monoisotopic (exact) mass is 483 g/mol. The molecule has 2 unspecified atom stereocenters. The predicted molar refractivity (Wildman–Crippen MR) is 125 cm³/mol. The molecule has 3 rings (SSSR count). The first kappa shape index (κ1) is 24.8. The van der Waals surface area contributed by atoms with Crippen molar-refractivity contribution in [2.45, 2.75) is 69.5 Å². The average molecular weight is 483 g/mol. The topological polar surface area (TPSA) is 80.0 Å². The Morgan fingerprint density at radius 3 is 2.87 bits per heavy atom. The zero-order valence-corrected chi connectivity index (χ0v) is 20.2. The van der Waals surface area contributed by atoms with E-state index in [0.29, 0.717) is 37.5 Å². The Bertz CT molecular complexity index is 830. The van der Waals surface area contributed by atoms with Crippen LogP contribution in [0.25, 0.3) is 0 Å². The van der Waals surface area contributed by atoms with E-state index in [4.69, 9.17) is 34.9 Å². The van der Waals surface area contributed by atoms with Crippen LogP contribution in [0.5, 0.6) is 0 Å². The first-order chi connectivity index (χ1) is 15.1. The van der Waals surface area contributed by atoms with E-state index >= 15 is 0 Å². The smallest absolute Gasteiger partial charge is 0.446 e. The van der Waals surface area contributed by atoms with Gasteiger partial charge in [-0.2, -0.15) is 0 Å². The molecule has 0 radical (unpaired) electrons. The molecule has 2 fully saturated rings. The maximum atomic E-state index is 12.4. The first-order valence-electron chi connectivity index (χ1n) is 10.3. The van der Waals surface area contributed by atoms with Crippen LogP contribution in [-0.2, 0) is 41.9 Å². The van der Waals surface area contributed by atoms with Crippen molar-refractivity contribution in [2.75, 3.05) is 6.61 Å². The van der Waals surface area contributed by atoms with Gasteiger partial charge in [-0.05, 0) is 5.82 Å². The van der Waals surface area contributed by atoms with Crippen molar-refractivity contribution < 1.29 is 27.9 Å². The summed E-state index contributed by atoms with van der Waals surface area (Å²) in [5.74, 6) is 2.32. The number of nitrogens with zero attached hydrogens (tertiary/aromatic N) is 1. The van der Waals surface area contributed by atoms with Crippen molar-refractivity contribution in [3.8, 4) is 0 Å². The minimum atomic E-state index is -0.406. The van der Waals surface area contributed by atoms with Crippen LogP contribution in [0, 0.1) is 0 Å². The maximum absolute atomic E-state index is 12.4. The molecule has 2 aliphatic rings. The minimum absolute atomic E-state index is 0.0197. The molecule has 0 spiro atoms. The second kappa shape index (κ2) is 13.1. The van der Waals surface area contributed by atoms with Gasteiger partial charge in [0, 0.05) is 8.81 Å². The molecule has 2 saturated heterocycles. The molecular weight excluding hydrogens is 455 g/mol. The van der Waals surface area contributed by atoms with Crippen LogP contribution in [0.4, 0.5) is 0 Å². The molecular formula is C20H28BNO6P2S. The van der Waals surface area contributed by atoms with E-state index < -0.39 is 6.10 Å². The van der Waals surface area contributed by atoms with Crippen molar-refractivity contribution in [3.63, 3.8) is 0 Å². The Morgan fingerprint density at radius 1 is 1.26 bits per heavy atom. The van der Waals surface area contributed by atoms with Crippen LogP contribution >= 0.6 is 15.7 Å². The van der Waals surface area contributed by atoms with E-state index in [1.165, 1.54) is 0 Å². The fourth-order valence-corrected chi connectivity index (χ4v) is 4.59. The number of rotatable bonds is 11. The molecule has 1 aromatic rings. The predicted octanol–water partition coefficient (Wildman–Crippen LogP) is 4.29. The summed E-state index contributed by atoms with van der Waals surface area (Å²) in [7, 11) is 0.189. The number of ether oxygens (including phenoxy) is 2.